The highest BCUT2D eigenvalue weighted by molar-refractivity contribution is 5.87. The topological polar surface area (TPSA) is 81.9 Å². The maximum atomic E-state index is 13.7. The fraction of sp³-hybridized carbons (Fsp3) is 0.550. The first-order chi connectivity index (χ1) is 14.1. The molecule has 0 saturated carbocycles. The second-order valence-electron chi connectivity index (χ2n) is 7.55. The fourth-order valence-electron chi connectivity index (χ4n) is 4.00. The van der Waals surface area contributed by atoms with Crippen molar-refractivity contribution in [2.75, 3.05) is 26.3 Å². The van der Waals surface area contributed by atoms with Crippen molar-refractivity contribution in [2.45, 2.75) is 44.5 Å². The van der Waals surface area contributed by atoms with E-state index in [0.29, 0.717) is 37.6 Å². The van der Waals surface area contributed by atoms with Crippen LogP contribution in [0.4, 0.5) is 13.2 Å². The van der Waals surface area contributed by atoms with Crippen LogP contribution in [0.1, 0.15) is 30.4 Å². The number of alkyl halides is 3. The number of halogens is 3. The first kappa shape index (κ1) is 22.1. The first-order valence-corrected chi connectivity index (χ1v) is 9.59. The van der Waals surface area contributed by atoms with Gasteiger partial charge >= 0.3 is 6.18 Å². The summed E-state index contributed by atoms with van der Waals surface area (Å²) in [4.78, 5) is 24.5. The Morgan fingerprint density at radius 1 is 1.33 bits per heavy atom. The minimum Gasteiger partial charge on any atom is -0.473 e. The molecule has 0 aliphatic carbocycles. The van der Waals surface area contributed by atoms with Crippen LogP contribution in [0.5, 0.6) is 5.75 Å². The zero-order valence-corrected chi connectivity index (χ0v) is 16.6. The van der Waals surface area contributed by atoms with E-state index in [1.165, 1.54) is 19.1 Å². The summed E-state index contributed by atoms with van der Waals surface area (Å²) in [5.41, 5.74) is 1.57. The summed E-state index contributed by atoms with van der Waals surface area (Å²) in [7, 11) is 0. The van der Waals surface area contributed by atoms with Gasteiger partial charge in [-0.25, -0.2) is 0 Å². The molecule has 0 unspecified atom stereocenters. The van der Waals surface area contributed by atoms with Gasteiger partial charge in [-0.05, 0) is 26.0 Å². The van der Waals surface area contributed by atoms with Crippen molar-refractivity contribution < 1.29 is 32.4 Å². The lowest BCUT2D eigenvalue weighted by molar-refractivity contribution is -0.548. The highest BCUT2D eigenvalue weighted by Gasteiger charge is 2.59. The predicted octanol–water partition coefficient (Wildman–Crippen LogP) is 3.24. The maximum absolute atomic E-state index is 13.7. The van der Waals surface area contributed by atoms with Crippen molar-refractivity contribution in [1.29, 1.82) is 0 Å². The largest absolute Gasteiger partial charge is 0.473 e. The molecule has 0 radical (unpaired) electrons. The SMILES string of the molecule is CC(=O)/C=C(\C[C@@H]1c2cc(C)ccc2O[C@@H](C(F)(F)F)[C@H]1[N+](=O)[O-])N1CCOCC1. The Morgan fingerprint density at radius 2 is 2.00 bits per heavy atom. The van der Waals surface area contributed by atoms with Gasteiger partial charge in [0.15, 0.2) is 5.78 Å². The van der Waals surface area contributed by atoms with Gasteiger partial charge in [0.1, 0.15) is 5.75 Å². The van der Waals surface area contributed by atoms with E-state index in [0.717, 1.165) is 5.56 Å². The van der Waals surface area contributed by atoms with Crippen molar-refractivity contribution in [2.24, 2.45) is 0 Å². The van der Waals surface area contributed by atoms with E-state index in [1.807, 2.05) is 4.90 Å². The molecule has 3 rings (SSSR count). The third-order valence-corrected chi connectivity index (χ3v) is 5.32. The predicted molar refractivity (Wildman–Crippen MR) is 101 cm³/mol. The number of benzene rings is 1. The monoisotopic (exact) mass is 428 g/mol. The van der Waals surface area contributed by atoms with E-state index in [9.17, 15) is 28.1 Å². The molecule has 3 atom stereocenters. The number of rotatable bonds is 5. The van der Waals surface area contributed by atoms with Crippen LogP contribution in [0, 0.1) is 17.0 Å². The summed E-state index contributed by atoms with van der Waals surface area (Å²) in [5.74, 6) is -1.41. The second-order valence-corrected chi connectivity index (χ2v) is 7.55. The summed E-state index contributed by atoms with van der Waals surface area (Å²) in [6.45, 7) is 4.81. The smallest absolute Gasteiger partial charge is 0.432 e. The Bertz CT molecular complexity index is 849. The number of aryl methyl sites for hydroxylation is 1. The van der Waals surface area contributed by atoms with Crippen molar-refractivity contribution in [1.82, 2.24) is 4.90 Å². The highest BCUT2D eigenvalue weighted by atomic mass is 19.4. The molecule has 10 heteroatoms. The molecule has 0 bridgehead atoms. The molecule has 7 nitrogen and oxygen atoms in total. The summed E-state index contributed by atoms with van der Waals surface area (Å²) in [5, 5.41) is 11.8. The number of morpholine rings is 1. The standard InChI is InChI=1S/C20H23F3N2O5/c1-12-3-4-17-15(9-12)16(18(25(27)28)19(30-17)20(21,22)23)11-14(10-13(2)26)24-5-7-29-8-6-24/h3-4,9-10,16,18-19H,5-8,11H2,1-2H3/b14-10+/t16-,18+,19-/m1/s1. The number of nitro groups is 1. The number of ether oxygens (including phenoxy) is 2. The lowest BCUT2D eigenvalue weighted by atomic mass is 9.81. The molecule has 2 aliphatic heterocycles. The van der Waals surface area contributed by atoms with E-state index in [2.05, 4.69) is 0 Å². The van der Waals surface area contributed by atoms with Crippen LogP contribution >= 0.6 is 0 Å². The quantitative estimate of drug-likeness (QED) is 0.407. The third kappa shape index (κ3) is 4.75. The Balaban J connectivity index is 2.08. The lowest BCUT2D eigenvalue weighted by Crippen LogP contribution is -2.53. The molecule has 0 N–H and O–H groups in total. The molecule has 1 fully saturated rings. The maximum Gasteiger partial charge on any atom is 0.432 e. The van der Waals surface area contributed by atoms with Crippen molar-refractivity contribution >= 4 is 5.78 Å². The van der Waals surface area contributed by atoms with Gasteiger partial charge in [-0.2, -0.15) is 13.2 Å². The van der Waals surface area contributed by atoms with Gasteiger partial charge in [0.25, 0.3) is 12.1 Å². The molecular formula is C20H23F3N2O5. The normalized spacial score (nSPS) is 24.8. The van der Waals surface area contributed by atoms with Crippen molar-refractivity contribution in [3.05, 3.63) is 51.2 Å². The summed E-state index contributed by atoms with van der Waals surface area (Å²) in [6.07, 6.45) is -6.23. The van der Waals surface area contributed by atoms with Crippen LogP contribution in [0.15, 0.2) is 30.0 Å². The highest BCUT2D eigenvalue weighted by Crippen LogP contribution is 2.45. The van der Waals surface area contributed by atoms with E-state index < -0.39 is 29.2 Å². The molecule has 1 aromatic carbocycles. The molecule has 30 heavy (non-hydrogen) atoms. The van der Waals surface area contributed by atoms with Gasteiger partial charge < -0.3 is 14.4 Å². The van der Waals surface area contributed by atoms with Gasteiger partial charge in [0.05, 0.1) is 19.1 Å². The number of hydrogen-bond donors (Lipinski definition) is 0. The van der Waals surface area contributed by atoms with E-state index >= 15 is 0 Å². The minimum absolute atomic E-state index is 0.0184. The number of fused-ring (bicyclic) bond motifs is 1. The Hall–Kier alpha value is -2.62. The lowest BCUT2D eigenvalue weighted by Gasteiger charge is -2.38. The van der Waals surface area contributed by atoms with E-state index in [1.54, 1.807) is 19.1 Å². The third-order valence-electron chi connectivity index (χ3n) is 5.32. The van der Waals surface area contributed by atoms with Gasteiger partial charge in [0.2, 0.25) is 0 Å². The summed E-state index contributed by atoms with van der Waals surface area (Å²) >= 11 is 0. The van der Waals surface area contributed by atoms with Crippen LogP contribution < -0.4 is 4.74 Å². The summed E-state index contributed by atoms with van der Waals surface area (Å²) in [6, 6.07) is 2.60. The first-order valence-electron chi connectivity index (χ1n) is 9.59. The zero-order valence-electron chi connectivity index (χ0n) is 16.6. The second kappa shape index (κ2) is 8.63. The van der Waals surface area contributed by atoms with Crippen LogP contribution in [0.3, 0.4) is 0 Å². The molecular weight excluding hydrogens is 405 g/mol. The number of carbonyl (C=O) groups is 1. The molecule has 164 valence electrons. The van der Waals surface area contributed by atoms with Crippen LogP contribution in [0.2, 0.25) is 0 Å². The van der Waals surface area contributed by atoms with E-state index in [4.69, 9.17) is 9.47 Å². The minimum atomic E-state index is -4.91. The molecule has 2 aliphatic rings. The summed E-state index contributed by atoms with van der Waals surface area (Å²) < 4.78 is 51.4. The Morgan fingerprint density at radius 3 is 2.57 bits per heavy atom. The molecule has 0 spiro atoms. The zero-order chi connectivity index (χ0) is 22.1. The van der Waals surface area contributed by atoms with Gasteiger partial charge in [-0.3, -0.25) is 14.9 Å². The van der Waals surface area contributed by atoms with Gasteiger partial charge in [-0.1, -0.05) is 17.7 Å². The van der Waals surface area contributed by atoms with Gasteiger partial charge in [-0.15, -0.1) is 0 Å². The molecule has 2 heterocycles. The van der Waals surface area contributed by atoms with Crippen molar-refractivity contribution in [3.8, 4) is 5.75 Å². The molecule has 1 aromatic rings. The van der Waals surface area contributed by atoms with Crippen LogP contribution in [-0.2, 0) is 9.53 Å². The van der Waals surface area contributed by atoms with Gasteiger partial charge in [0, 0.05) is 35.7 Å². The average molecular weight is 428 g/mol. The fourth-order valence-corrected chi connectivity index (χ4v) is 4.00. The number of hydrogen-bond acceptors (Lipinski definition) is 6. The average Bonchev–Trinajstić information content (AvgIpc) is 2.66. The van der Waals surface area contributed by atoms with Crippen molar-refractivity contribution in [3.63, 3.8) is 0 Å². The molecule has 0 aromatic heterocycles. The Kier molecular flexibility index (Phi) is 6.35. The van der Waals surface area contributed by atoms with Crippen LogP contribution in [0.25, 0.3) is 0 Å². The van der Waals surface area contributed by atoms with E-state index in [-0.39, 0.29) is 18.0 Å². The number of nitrogens with zero attached hydrogens (tertiary/aromatic N) is 2. The van der Waals surface area contributed by atoms with Crippen LogP contribution in [-0.4, -0.2) is 60.2 Å². The Labute approximate surface area is 171 Å². The number of allylic oxidation sites excluding steroid dienone is 2. The number of ketones is 1. The molecule has 0 amide bonds. The molecule has 1 saturated heterocycles. The number of carbonyl (C=O) groups excluding carboxylic acids is 1.